The van der Waals surface area contributed by atoms with Gasteiger partial charge in [-0.2, -0.15) is 0 Å². The van der Waals surface area contributed by atoms with E-state index in [-0.39, 0.29) is 24.7 Å². The quantitative estimate of drug-likeness (QED) is 0.205. The first-order valence-electron chi connectivity index (χ1n) is 11.5. The van der Waals surface area contributed by atoms with E-state index >= 15 is 0 Å². The molecule has 8 N–H and O–H groups in total. The molecule has 0 heterocycles. The van der Waals surface area contributed by atoms with Crippen LogP contribution in [0.4, 0.5) is 0 Å². The van der Waals surface area contributed by atoms with Gasteiger partial charge in [-0.05, 0) is 23.8 Å². The third kappa shape index (κ3) is 10.6. The molecule has 194 valence electrons. The predicted molar refractivity (Wildman–Crippen MR) is 130 cm³/mol. The fourth-order valence-corrected chi connectivity index (χ4v) is 3.28. The van der Waals surface area contributed by atoms with Gasteiger partial charge < -0.3 is 32.5 Å². The van der Waals surface area contributed by atoms with E-state index in [9.17, 15) is 29.1 Å². The number of nitrogens with one attached hydrogen (secondary N) is 3. The molecule has 0 aliphatic rings. The number of aliphatic carboxylic acids is 1. The Hall–Kier alpha value is -3.47. The van der Waals surface area contributed by atoms with Gasteiger partial charge in [0.25, 0.3) is 0 Å². The van der Waals surface area contributed by atoms with Gasteiger partial charge in [-0.15, -0.1) is 0 Å². The van der Waals surface area contributed by atoms with E-state index in [4.69, 9.17) is 11.5 Å². The van der Waals surface area contributed by atoms with Crippen LogP contribution in [0, 0.1) is 11.8 Å². The number of benzene rings is 1. The molecule has 0 bridgehead atoms. The Morgan fingerprint density at radius 3 is 1.83 bits per heavy atom. The second kappa shape index (κ2) is 14.1. The van der Waals surface area contributed by atoms with Gasteiger partial charge in [0.1, 0.15) is 18.1 Å². The number of rotatable bonds is 14. The maximum atomic E-state index is 13.0. The number of nitrogens with two attached hydrogens (primary N) is 2. The minimum absolute atomic E-state index is 0.00171. The summed E-state index contributed by atoms with van der Waals surface area (Å²) in [5.74, 6) is -4.42. The van der Waals surface area contributed by atoms with Gasteiger partial charge in [0.05, 0.1) is 12.5 Å². The molecule has 0 spiro atoms. The zero-order chi connectivity index (χ0) is 26.7. The van der Waals surface area contributed by atoms with Crippen LogP contribution in [0.15, 0.2) is 30.3 Å². The van der Waals surface area contributed by atoms with Crippen LogP contribution in [0.3, 0.4) is 0 Å². The summed E-state index contributed by atoms with van der Waals surface area (Å²) in [7, 11) is 0. The van der Waals surface area contributed by atoms with E-state index in [1.165, 1.54) is 0 Å². The molecule has 0 aliphatic heterocycles. The van der Waals surface area contributed by atoms with Gasteiger partial charge >= 0.3 is 5.97 Å². The first kappa shape index (κ1) is 29.6. The zero-order valence-corrected chi connectivity index (χ0v) is 20.6. The average Bonchev–Trinajstić information content (AvgIpc) is 2.76. The van der Waals surface area contributed by atoms with Gasteiger partial charge in [0, 0.05) is 6.42 Å². The molecule has 11 heteroatoms. The summed E-state index contributed by atoms with van der Waals surface area (Å²) in [6.45, 7) is 7.24. The number of carbonyl (C=O) groups is 5. The lowest BCUT2D eigenvalue weighted by atomic mass is 10.00. The lowest BCUT2D eigenvalue weighted by Crippen LogP contribution is -2.58. The Morgan fingerprint density at radius 2 is 1.34 bits per heavy atom. The van der Waals surface area contributed by atoms with Crippen molar-refractivity contribution < 1.29 is 29.1 Å². The van der Waals surface area contributed by atoms with Crippen molar-refractivity contribution in [3.63, 3.8) is 0 Å². The second-order valence-electron chi connectivity index (χ2n) is 9.28. The summed E-state index contributed by atoms with van der Waals surface area (Å²) in [5, 5.41) is 17.0. The molecule has 1 aromatic rings. The molecule has 0 saturated heterocycles. The van der Waals surface area contributed by atoms with Crippen LogP contribution in [0.1, 0.15) is 46.1 Å². The van der Waals surface area contributed by atoms with Crippen molar-refractivity contribution in [3.05, 3.63) is 35.9 Å². The zero-order valence-electron chi connectivity index (χ0n) is 20.6. The maximum absolute atomic E-state index is 13.0. The van der Waals surface area contributed by atoms with Crippen LogP contribution in [-0.4, -0.2) is 58.9 Å². The van der Waals surface area contributed by atoms with Crippen LogP contribution >= 0.6 is 0 Å². The number of hydrogen-bond acceptors (Lipinski definition) is 6. The monoisotopic (exact) mass is 491 g/mol. The molecule has 1 aromatic carbocycles. The molecule has 0 aromatic heterocycles. The van der Waals surface area contributed by atoms with E-state index in [2.05, 4.69) is 16.0 Å². The highest BCUT2D eigenvalue weighted by molar-refractivity contribution is 5.96. The first-order chi connectivity index (χ1) is 16.3. The molecular weight excluding hydrogens is 454 g/mol. The molecule has 0 fully saturated rings. The Morgan fingerprint density at radius 1 is 0.829 bits per heavy atom. The molecule has 35 heavy (non-hydrogen) atoms. The highest BCUT2D eigenvalue weighted by atomic mass is 16.4. The minimum atomic E-state index is -1.43. The fraction of sp³-hybridized carbons (Fsp3) is 0.542. The van der Waals surface area contributed by atoms with E-state index in [0.717, 1.165) is 0 Å². The number of carbonyl (C=O) groups excluding carboxylic acids is 4. The van der Waals surface area contributed by atoms with Crippen LogP contribution in [-0.2, 0) is 30.4 Å². The molecule has 0 radical (unpaired) electrons. The first-order valence-corrected chi connectivity index (χ1v) is 11.5. The van der Waals surface area contributed by atoms with Crippen molar-refractivity contribution in [2.24, 2.45) is 23.3 Å². The Balaban J connectivity index is 3.02. The summed E-state index contributed by atoms with van der Waals surface area (Å²) in [4.78, 5) is 61.6. The highest BCUT2D eigenvalue weighted by Gasteiger charge is 2.32. The van der Waals surface area contributed by atoms with Gasteiger partial charge in [0.2, 0.25) is 23.6 Å². The van der Waals surface area contributed by atoms with Crippen molar-refractivity contribution >= 4 is 29.6 Å². The topological polar surface area (TPSA) is 194 Å². The van der Waals surface area contributed by atoms with Crippen molar-refractivity contribution in [1.82, 2.24) is 16.0 Å². The summed E-state index contributed by atoms with van der Waals surface area (Å²) >= 11 is 0. The van der Waals surface area contributed by atoms with E-state index in [1.54, 1.807) is 44.2 Å². The SMILES string of the molecule is CC(C)CC(NC(=O)C(N)C(C)C)C(=O)NC(CC(N)=O)C(=O)NC(Cc1ccccc1)C(=O)O. The van der Waals surface area contributed by atoms with Crippen LogP contribution in [0.2, 0.25) is 0 Å². The molecule has 4 amide bonds. The standard InChI is InChI=1S/C24H37N5O6/c1-13(2)10-16(28-23(33)20(26)14(3)4)21(31)27-17(12-19(25)30)22(32)29-18(24(34)35)11-15-8-6-5-7-9-15/h5-9,13-14,16-18,20H,10-12,26H2,1-4H3,(H2,25,30)(H,27,31)(H,28,33)(H,29,32)(H,34,35). The minimum Gasteiger partial charge on any atom is -0.480 e. The van der Waals surface area contributed by atoms with Crippen LogP contribution in [0.5, 0.6) is 0 Å². The molecule has 0 saturated carbocycles. The molecular formula is C24H37N5O6. The third-order valence-electron chi connectivity index (χ3n) is 5.30. The lowest BCUT2D eigenvalue weighted by molar-refractivity contribution is -0.142. The molecule has 4 unspecified atom stereocenters. The summed E-state index contributed by atoms with van der Waals surface area (Å²) in [6, 6.07) is 4.09. The smallest absolute Gasteiger partial charge is 0.326 e. The Kier molecular flexibility index (Phi) is 11.9. The lowest BCUT2D eigenvalue weighted by Gasteiger charge is -2.26. The average molecular weight is 492 g/mol. The Bertz CT molecular complexity index is 890. The molecule has 0 aliphatic carbocycles. The number of hydrogen-bond donors (Lipinski definition) is 6. The second-order valence-corrected chi connectivity index (χ2v) is 9.28. The van der Waals surface area contributed by atoms with Crippen LogP contribution in [0.25, 0.3) is 0 Å². The summed E-state index contributed by atoms with van der Waals surface area (Å²) in [6.07, 6.45) is -0.305. The van der Waals surface area contributed by atoms with E-state index in [0.29, 0.717) is 5.56 Å². The fourth-order valence-electron chi connectivity index (χ4n) is 3.28. The van der Waals surface area contributed by atoms with Crippen molar-refractivity contribution in [2.75, 3.05) is 0 Å². The molecule has 1 rings (SSSR count). The van der Waals surface area contributed by atoms with Gasteiger partial charge in [-0.25, -0.2) is 4.79 Å². The van der Waals surface area contributed by atoms with E-state index in [1.807, 2.05) is 13.8 Å². The molecule has 11 nitrogen and oxygen atoms in total. The maximum Gasteiger partial charge on any atom is 0.326 e. The molecule has 4 atom stereocenters. The van der Waals surface area contributed by atoms with E-state index < -0.39 is 60.2 Å². The largest absolute Gasteiger partial charge is 0.480 e. The van der Waals surface area contributed by atoms with Crippen molar-refractivity contribution in [2.45, 2.75) is 71.1 Å². The number of carboxylic acids is 1. The summed E-state index contributed by atoms with van der Waals surface area (Å²) in [5.41, 5.74) is 11.8. The predicted octanol–water partition coefficient (Wildman–Crippen LogP) is -0.327. The highest BCUT2D eigenvalue weighted by Crippen LogP contribution is 2.09. The number of carboxylic acid groups (broad SMARTS) is 1. The van der Waals surface area contributed by atoms with Gasteiger partial charge in [-0.3, -0.25) is 19.2 Å². The van der Waals surface area contributed by atoms with Crippen molar-refractivity contribution in [1.29, 1.82) is 0 Å². The third-order valence-corrected chi connectivity index (χ3v) is 5.30. The van der Waals surface area contributed by atoms with Gasteiger partial charge in [-0.1, -0.05) is 58.0 Å². The van der Waals surface area contributed by atoms with Gasteiger partial charge in [0.15, 0.2) is 0 Å². The normalized spacial score (nSPS) is 14.5. The number of primary amides is 1. The summed E-state index contributed by atoms with van der Waals surface area (Å²) < 4.78 is 0. The van der Waals surface area contributed by atoms with Crippen LogP contribution < -0.4 is 27.4 Å². The Labute approximate surface area is 205 Å². The number of amides is 4. The van der Waals surface area contributed by atoms with Crippen molar-refractivity contribution in [3.8, 4) is 0 Å².